The van der Waals surface area contributed by atoms with Crippen LogP contribution in [0.15, 0.2) is 30.6 Å². The van der Waals surface area contributed by atoms with Crippen LogP contribution in [0.3, 0.4) is 0 Å². The van der Waals surface area contributed by atoms with Crippen molar-refractivity contribution in [3.63, 3.8) is 0 Å². The lowest BCUT2D eigenvalue weighted by Gasteiger charge is -2.43. The van der Waals surface area contributed by atoms with Crippen molar-refractivity contribution >= 4 is 15.9 Å². The Labute approximate surface area is 227 Å². The Morgan fingerprint density at radius 1 is 1.00 bits per heavy atom. The predicted molar refractivity (Wildman–Crippen MR) is 148 cm³/mol. The number of sulfonamides is 1. The summed E-state index contributed by atoms with van der Waals surface area (Å²) in [5.74, 6) is 0.971. The minimum Gasteiger partial charge on any atom is -0.439 e. The van der Waals surface area contributed by atoms with Gasteiger partial charge in [-0.1, -0.05) is 32.9 Å². The van der Waals surface area contributed by atoms with E-state index in [1.54, 1.807) is 7.05 Å². The van der Waals surface area contributed by atoms with E-state index in [-0.39, 0.29) is 17.4 Å². The second kappa shape index (κ2) is 11.3. The Kier molecular flexibility index (Phi) is 8.44. The predicted octanol–water partition coefficient (Wildman–Crippen LogP) is 3.84. The Hall–Kier alpha value is -2.56. The molecule has 3 heterocycles. The molecule has 38 heavy (non-hydrogen) atoms. The van der Waals surface area contributed by atoms with Gasteiger partial charge in [-0.2, -0.15) is 0 Å². The highest BCUT2D eigenvalue weighted by Gasteiger charge is 2.33. The molecule has 0 aliphatic carbocycles. The Morgan fingerprint density at radius 2 is 1.61 bits per heavy atom. The number of carbonyl (C=O) groups is 1. The summed E-state index contributed by atoms with van der Waals surface area (Å²) in [6, 6.07) is 8.43. The monoisotopic (exact) mass is 543 g/mol. The first kappa shape index (κ1) is 28.4. The van der Waals surface area contributed by atoms with Crippen molar-refractivity contribution in [2.24, 2.45) is 0 Å². The fraction of sp³-hybridized carbons (Fsp3) is 0.607. The van der Waals surface area contributed by atoms with Crippen LogP contribution in [0.1, 0.15) is 68.1 Å². The van der Waals surface area contributed by atoms with Gasteiger partial charge in [0.1, 0.15) is 17.8 Å². The molecule has 1 amide bonds. The maximum atomic E-state index is 13.4. The first-order valence-electron chi connectivity index (χ1n) is 13.4. The molecule has 2 aliphatic heterocycles. The third-order valence-corrected chi connectivity index (χ3v) is 9.32. The molecule has 4 rings (SSSR count). The molecule has 0 bridgehead atoms. The standard InChI is InChI=1S/C28H41N5O4S/c1-20-25(29-19-30-26(20)37-24-9-7-21(8-10-24)28(2,3)4)27(34)33-17-13-23(14-18-33)32-15-11-22(12-16-32)31(5)38(6,35)36/h7-10,19,22-23H,11-18H2,1-6H3. The van der Waals surface area contributed by atoms with Gasteiger partial charge in [-0.15, -0.1) is 0 Å². The van der Waals surface area contributed by atoms with Crippen molar-refractivity contribution in [2.75, 3.05) is 39.5 Å². The molecule has 0 spiro atoms. The SMILES string of the molecule is Cc1c(Oc2ccc(C(C)(C)C)cc2)ncnc1C(=O)N1CCC(N2CCC(N(C)S(C)(=O)=O)CC2)CC1. The van der Waals surface area contributed by atoms with E-state index in [1.165, 1.54) is 22.5 Å². The molecule has 2 aromatic rings. The summed E-state index contributed by atoms with van der Waals surface area (Å²) in [5.41, 5.74) is 2.29. The molecule has 208 valence electrons. The van der Waals surface area contributed by atoms with E-state index < -0.39 is 10.0 Å². The molecule has 0 radical (unpaired) electrons. The number of amides is 1. The second-order valence-electron chi connectivity index (χ2n) is 11.6. The highest BCUT2D eigenvalue weighted by molar-refractivity contribution is 7.88. The summed E-state index contributed by atoms with van der Waals surface area (Å²) in [6.45, 7) is 11.4. The van der Waals surface area contributed by atoms with Crippen LogP contribution < -0.4 is 4.74 Å². The van der Waals surface area contributed by atoms with Crippen LogP contribution in [0.4, 0.5) is 0 Å². The van der Waals surface area contributed by atoms with Crippen molar-refractivity contribution in [3.05, 3.63) is 47.4 Å². The van der Waals surface area contributed by atoms with Crippen LogP contribution in [0.5, 0.6) is 11.6 Å². The average Bonchev–Trinajstić information content (AvgIpc) is 2.88. The number of benzene rings is 1. The summed E-state index contributed by atoms with van der Waals surface area (Å²) in [4.78, 5) is 26.3. The Morgan fingerprint density at radius 3 is 2.16 bits per heavy atom. The van der Waals surface area contributed by atoms with Crippen molar-refractivity contribution in [2.45, 2.75) is 70.9 Å². The van der Waals surface area contributed by atoms with Gasteiger partial charge in [0.05, 0.1) is 6.26 Å². The van der Waals surface area contributed by atoms with E-state index in [0.717, 1.165) is 38.8 Å². The van der Waals surface area contributed by atoms with E-state index in [9.17, 15) is 13.2 Å². The van der Waals surface area contributed by atoms with E-state index >= 15 is 0 Å². The molecule has 2 saturated heterocycles. The fourth-order valence-electron chi connectivity index (χ4n) is 5.36. The van der Waals surface area contributed by atoms with E-state index in [0.29, 0.717) is 42.0 Å². The maximum Gasteiger partial charge on any atom is 0.272 e. The van der Waals surface area contributed by atoms with Crippen molar-refractivity contribution in [1.82, 2.24) is 24.1 Å². The first-order valence-corrected chi connectivity index (χ1v) is 15.3. The van der Waals surface area contributed by atoms with Crippen molar-refractivity contribution < 1.29 is 17.9 Å². The lowest BCUT2D eigenvalue weighted by molar-refractivity contribution is 0.0542. The Balaban J connectivity index is 1.33. The fourth-order valence-corrected chi connectivity index (χ4v) is 6.11. The third-order valence-electron chi connectivity index (χ3n) is 7.98. The molecule has 2 aliphatic rings. The van der Waals surface area contributed by atoms with Gasteiger partial charge in [-0.05, 0) is 68.8 Å². The average molecular weight is 544 g/mol. The molecule has 0 atom stereocenters. The van der Waals surface area contributed by atoms with Crippen LogP contribution in [-0.2, 0) is 15.4 Å². The Bertz CT molecular complexity index is 1230. The summed E-state index contributed by atoms with van der Waals surface area (Å²) in [6.07, 6.45) is 6.13. The van der Waals surface area contributed by atoms with Crippen LogP contribution in [0, 0.1) is 6.92 Å². The van der Waals surface area contributed by atoms with Crippen LogP contribution in [0.2, 0.25) is 0 Å². The molecule has 1 aromatic heterocycles. The number of rotatable bonds is 6. The van der Waals surface area contributed by atoms with Crippen molar-refractivity contribution in [1.29, 1.82) is 0 Å². The normalized spacial score (nSPS) is 18.7. The smallest absolute Gasteiger partial charge is 0.272 e. The number of nitrogens with zero attached hydrogens (tertiary/aromatic N) is 5. The highest BCUT2D eigenvalue weighted by Crippen LogP contribution is 2.29. The van der Waals surface area contributed by atoms with Gasteiger partial charge in [0.15, 0.2) is 0 Å². The third kappa shape index (κ3) is 6.52. The summed E-state index contributed by atoms with van der Waals surface area (Å²) >= 11 is 0. The number of hydrogen-bond acceptors (Lipinski definition) is 7. The van der Waals surface area contributed by atoms with E-state index in [4.69, 9.17) is 4.74 Å². The van der Waals surface area contributed by atoms with Gasteiger partial charge < -0.3 is 14.5 Å². The number of piperidine rings is 2. The topological polar surface area (TPSA) is 95.9 Å². The molecule has 0 N–H and O–H groups in total. The molecule has 9 nitrogen and oxygen atoms in total. The van der Waals surface area contributed by atoms with Gasteiger partial charge >= 0.3 is 0 Å². The lowest BCUT2D eigenvalue weighted by atomic mass is 9.87. The van der Waals surface area contributed by atoms with Crippen LogP contribution in [0.25, 0.3) is 0 Å². The lowest BCUT2D eigenvalue weighted by Crippen LogP contribution is -2.52. The zero-order valence-corrected chi connectivity index (χ0v) is 24.3. The molecular weight excluding hydrogens is 502 g/mol. The molecule has 2 fully saturated rings. The number of ether oxygens (including phenoxy) is 1. The second-order valence-corrected chi connectivity index (χ2v) is 13.6. The zero-order valence-electron chi connectivity index (χ0n) is 23.5. The highest BCUT2D eigenvalue weighted by atomic mass is 32.2. The van der Waals surface area contributed by atoms with Gasteiger partial charge in [0, 0.05) is 37.8 Å². The van der Waals surface area contributed by atoms with Crippen LogP contribution in [-0.4, -0.2) is 90.0 Å². The summed E-state index contributed by atoms with van der Waals surface area (Å²) < 4.78 is 31.3. The molecular formula is C28H41N5O4S. The van der Waals surface area contributed by atoms with Gasteiger partial charge in [0.2, 0.25) is 15.9 Å². The molecule has 10 heteroatoms. The molecule has 0 unspecified atom stereocenters. The first-order chi connectivity index (χ1) is 17.8. The molecule has 1 aromatic carbocycles. The van der Waals surface area contributed by atoms with Crippen LogP contribution >= 0.6 is 0 Å². The van der Waals surface area contributed by atoms with Gasteiger partial charge in [-0.25, -0.2) is 22.7 Å². The summed E-state index contributed by atoms with van der Waals surface area (Å²) in [5, 5.41) is 0. The largest absolute Gasteiger partial charge is 0.439 e. The number of likely N-dealkylation sites (tertiary alicyclic amines) is 2. The minimum absolute atomic E-state index is 0.0573. The van der Waals surface area contributed by atoms with E-state index in [1.807, 2.05) is 24.0 Å². The van der Waals surface area contributed by atoms with E-state index in [2.05, 4.69) is 47.8 Å². The number of hydrogen-bond donors (Lipinski definition) is 0. The minimum atomic E-state index is -3.17. The summed E-state index contributed by atoms with van der Waals surface area (Å²) in [7, 11) is -1.49. The number of aromatic nitrogens is 2. The van der Waals surface area contributed by atoms with Gasteiger partial charge in [0.25, 0.3) is 5.91 Å². The van der Waals surface area contributed by atoms with Gasteiger partial charge in [-0.3, -0.25) is 4.79 Å². The number of carbonyl (C=O) groups excluding carboxylic acids is 1. The van der Waals surface area contributed by atoms with Crippen molar-refractivity contribution in [3.8, 4) is 11.6 Å². The maximum absolute atomic E-state index is 13.4. The quantitative estimate of drug-likeness (QED) is 0.546. The zero-order chi connectivity index (χ0) is 27.7. The molecule has 0 saturated carbocycles.